The third-order valence-electron chi connectivity index (χ3n) is 10.7. The van der Waals surface area contributed by atoms with Crippen molar-refractivity contribution in [1.82, 2.24) is 0 Å². The fourth-order valence-electron chi connectivity index (χ4n) is 8.47. The lowest BCUT2D eigenvalue weighted by molar-refractivity contribution is -0.0665. The second-order valence-electron chi connectivity index (χ2n) is 15.3. The number of ether oxygens (including phenoxy) is 4. The molecule has 4 nitrogen and oxygen atoms in total. The smallest absolute Gasteiger partial charge is 0.135 e. The van der Waals surface area contributed by atoms with Crippen molar-refractivity contribution in [1.29, 1.82) is 0 Å². The Bertz CT molecular complexity index is 1960. The molecule has 4 heteroatoms. The van der Waals surface area contributed by atoms with Crippen LogP contribution in [0, 0.1) is 41.5 Å². The first-order chi connectivity index (χ1) is 24.2. The molecule has 51 heavy (non-hydrogen) atoms. The molecule has 0 unspecified atom stereocenters. The lowest BCUT2D eigenvalue weighted by atomic mass is 9.67. The van der Waals surface area contributed by atoms with Crippen LogP contribution in [0.2, 0.25) is 0 Å². The molecule has 0 radical (unpaired) electrons. The maximum absolute atomic E-state index is 7.12. The lowest BCUT2D eigenvalue weighted by Crippen LogP contribution is -2.55. The number of methoxy groups -OCH3 is 3. The van der Waals surface area contributed by atoms with E-state index in [2.05, 4.69) is 130 Å². The Kier molecular flexibility index (Phi) is 11.1. The van der Waals surface area contributed by atoms with Gasteiger partial charge in [-0.3, -0.25) is 0 Å². The van der Waals surface area contributed by atoms with Crippen LogP contribution in [-0.4, -0.2) is 33.5 Å². The molecule has 0 aliphatic carbocycles. The van der Waals surface area contributed by atoms with Gasteiger partial charge < -0.3 is 18.9 Å². The largest absolute Gasteiger partial charge is 0.496 e. The summed E-state index contributed by atoms with van der Waals surface area (Å²) < 4.78 is 26.5. The third kappa shape index (κ3) is 7.17. The van der Waals surface area contributed by atoms with E-state index in [9.17, 15) is 0 Å². The van der Waals surface area contributed by atoms with E-state index in [1.54, 1.807) is 21.3 Å². The minimum atomic E-state index is -0.601. The van der Waals surface area contributed by atoms with E-state index in [-0.39, 0.29) is 0 Å². The van der Waals surface area contributed by atoms with Gasteiger partial charge >= 0.3 is 0 Å². The van der Waals surface area contributed by atoms with Gasteiger partial charge in [-0.05, 0) is 87.1 Å². The Hall–Kier alpha value is -4.54. The lowest BCUT2D eigenvalue weighted by Gasteiger charge is -2.46. The number of rotatable bonds is 12. The normalized spacial score (nSPS) is 13.1. The van der Waals surface area contributed by atoms with Crippen molar-refractivity contribution in [2.45, 2.75) is 92.3 Å². The Morgan fingerprint density at radius 2 is 0.863 bits per heavy atom. The van der Waals surface area contributed by atoms with Gasteiger partial charge in [0.2, 0.25) is 0 Å². The first kappa shape index (κ1) is 37.7. The summed E-state index contributed by atoms with van der Waals surface area (Å²) in [6.07, 6.45) is -0.881. The Balaban J connectivity index is 1.72. The standard InChI is InChI=1S/C47H56O4/c1-29-25-31(3)40(32(4)26-29)36-21-17-23-38(42(36)48-11)46(7,8)44(50-13)45(51-35-19-15-14-16-20-35)47(9,10)39-24-18-22-37(43(39)49-12)41-33(5)27-30(2)28-34(41)6/h14-28,44-45H,1-13H3/t44-,45-/m0/s1. The SMILES string of the molecule is COc1c(-c2c(C)cc(C)cc2C)cccc1C(C)(C)[C@@H](OC)[C@H](Oc1ccccc1)C(C)(C)c1cccc(-c2c(C)cc(C)cc2C)c1OC. The van der Waals surface area contributed by atoms with Crippen molar-refractivity contribution >= 4 is 0 Å². The van der Waals surface area contributed by atoms with Crippen LogP contribution in [0.25, 0.3) is 22.3 Å². The molecule has 0 saturated carbocycles. The van der Waals surface area contributed by atoms with Gasteiger partial charge in [-0.2, -0.15) is 0 Å². The predicted octanol–water partition coefficient (Wildman–Crippen LogP) is 11.6. The highest BCUT2D eigenvalue weighted by Gasteiger charge is 2.49. The molecule has 268 valence electrons. The highest BCUT2D eigenvalue weighted by atomic mass is 16.5. The molecule has 0 heterocycles. The summed E-state index contributed by atoms with van der Waals surface area (Å²) in [6.45, 7) is 22.0. The summed E-state index contributed by atoms with van der Waals surface area (Å²) in [4.78, 5) is 0. The second-order valence-corrected chi connectivity index (χ2v) is 15.3. The van der Waals surface area contributed by atoms with Crippen LogP contribution in [0.15, 0.2) is 91.0 Å². The molecule has 0 amide bonds. The van der Waals surface area contributed by atoms with Crippen LogP contribution in [0.4, 0.5) is 0 Å². The second kappa shape index (κ2) is 15.0. The summed E-state index contributed by atoms with van der Waals surface area (Å²) in [6, 6.07) is 32.0. The molecule has 0 aliphatic heterocycles. The van der Waals surface area contributed by atoms with E-state index >= 15 is 0 Å². The first-order valence-corrected chi connectivity index (χ1v) is 17.9. The quantitative estimate of drug-likeness (QED) is 0.131. The molecule has 0 aliphatic rings. The predicted molar refractivity (Wildman–Crippen MR) is 213 cm³/mol. The highest BCUT2D eigenvalue weighted by Crippen LogP contribution is 2.49. The summed E-state index contributed by atoms with van der Waals surface area (Å²) in [5.41, 5.74) is 12.9. The summed E-state index contributed by atoms with van der Waals surface area (Å²) in [5.74, 6) is 2.47. The van der Waals surface area contributed by atoms with Crippen molar-refractivity contribution in [3.63, 3.8) is 0 Å². The van der Waals surface area contributed by atoms with Crippen LogP contribution in [0.3, 0.4) is 0 Å². The van der Waals surface area contributed by atoms with E-state index in [0.717, 1.165) is 39.5 Å². The maximum atomic E-state index is 7.12. The molecule has 5 aromatic carbocycles. The Morgan fingerprint density at radius 1 is 0.471 bits per heavy atom. The van der Waals surface area contributed by atoms with Gasteiger partial charge in [-0.1, -0.05) is 118 Å². The number of benzene rings is 5. The van der Waals surface area contributed by atoms with Gasteiger partial charge in [-0.25, -0.2) is 0 Å². The van der Waals surface area contributed by atoms with Crippen LogP contribution in [0.1, 0.15) is 72.2 Å². The molecule has 0 spiro atoms. The number of para-hydroxylation sites is 3. The van der Waals surface area contributed by atoms with Crippen LogP contribution >= 0.6 is 0 Å². The van der Waals surface area contributed by atoms with Gasteiger partial charge in [0.25, 0.3) is 0 Å². The molecule has 0 bridgehead atoms. The van der Waals surface area contributed by atoms with Gasteiger partial charge in [0.15, 0.2) is 0 Å². The summed E-state index contributed by atoms with van der Waals surface area (Å²) >= 11 is 0. The molecule has 5 aromatic rings. The number of hydrogen-bond donors (Lipinski definition) is 0. The minimum absolute atomic E-state index is 0.423. The third-order valence-corrected chi connectivity index (χ3v) is 10.7. The van der Waals surface area contributed by atoms with E-state index < -0.39 is 23.0 Å². The molecule has 2 atom stereocenters. The molecule has 0 N–H and O–H groups in total. The van der Waals surface area contributed by atoms with Gasteiger partial charge in [0.05, 0.1) is 14.2 Å². The molecular formula is C47H56O4. The van der Waals surface area contributed by atoms with Crippen LogP contribution in [-0.2, 0) is 15.6 Å². The van der Waals surface area contributed by atoms with E-state index in [1.807, 2.05) is 30.3 Å². The van der Waals surface area contributed by atoms with Gasteiger partial charge in [0, 0.05) is 40.2 Å². The van der Waals surface area contributed by atoms with Crippen molar-refractivity contribution in [3.8, 4) is 39.5 Å². The number of aryl methyl sites for hydroxylation is 6. The zero-order valence-corrected chi connectivity index (χ0v) is 32.9. The fourth-order valence-corrected chi connectivity index (χ4v) is 8.47. The van der Waals surface area contributed by atoms with E-state index in [0.29, 0.717) is 0 Å². The Morgan fingerprint density at radius 3 is 1.24 bits per heavy atom. The summed E-state index contributed by atoms with van der Waals surface area (Å²) in [5, 5.41) is 0. The minimum Gasteiger partial charge on any atom is -0.496 e. The maximum Gasteiger partial charge on any atom is 0.135 e. The fraction of sp³-hybridized carbons (Fsp3) is 0.362. The molecule has 5 rings (SSSR count). The van der Waals surface area contributed by atoms with Crippen molar-refractivity contribution < 1.29 is 18.9 Å². The zero-order valence-electron chi connectivity index (χ0n) is 32.9. The molecule has 0 saturated heterocycles. The van der Waals surface area contributed by atoms with Crippen LogP contribution in [0.5, 0.6) is 17.2 Å². The van der Waals surface area contributed by atoms with E-state index in [1.165, 1.54) is 44.5 Å². The van der Waals surface area contributed by atoms with Crippen molar-refractivity contribution in [3.05, 3.63) is 136 Å². The molecule has 0 fully saturated rings. The van der Waals surface area contributed by atoms with Crippen molar-refractivity contribution in [2.24, 2.45) is 0 Å². The highest BCUT2D eigenvalue weighted by molar-refractivity contribution is 5.79. The molecule has 0 aromatic heterocycles. The Labute approximate surface area is 306 Å². The van der Waals surface area contributed by atoms with E-state index in [4.69, 9.17) is 18.9 Å². The van der Waals surface area contributed by atoms with Crippen molar-refractivity contribution in [2.75, 3.05) is 21.3 Å². The average Bonchev–Trinajstić information content (AvgIpc) is 3.07. The van der Waals surface area contributed by atoms with Gasteiger partial charge in [-0.15, -0.1) is 0 Å². The monoisotopic (exact) mass is 684 g/mol. The summed E-state index contributed by atoms with van der Waals surface area (Å²) in [7, 11) is 5.33. The topological polar surface area (TPSA) is 36.9 Å². The average molecular weight is 685 g/mol. The first-order valence-electron chi connectivity index (χ1n) is 17.9. The molecular weight excluding hydrogens is 629 g/mol. The zero-order chi connectivity index (χ0) is 37.2. The van der Waals surface area contributed by atoms with Gasteiger partial charge in [0.1, 0.15) is 29.5 Å². The number of hydrogen-bond acceptors (Lipinski definition) is 4. The van der Waals surface area contributed by atoms with Crippen LogP contribution < -0.4 is 14.2 Å².